The molecule has 0 radical (unpaired) electrons. The summed E-state index contributed by atoms with van der Waals surface area (Å²) in [6.07, 6.45) is -0.964. The van der Waals surface area contributed by atoms with Crippen molar-refractivity contribution < 1.29 is 13.5 Å². The van der Waals surface area contributed by atoms with Gasteiger partial charge in [-0.2, -0.15) is 0 Å². The van der Waals surface area contributed by atoms with E-state index >= 15 is 0 Å². The van der Waals surface area contributed by atoms with E-state index in [1.54, 1.807) is 36.4 Å². The predicted octanol–water partition coefficient (Wildman–Crippen LogP) is 2.67. The molecule has 0 fully saturated rings. The molecule has 1 N–H and O–H groups in total. The Balaban J connectivity index is 2.41. The molecular weight excluding hydrogens is 342 g/mol. The summed E-state index contributed by atoms with van der Waals surface area (Å²) in [6.45, 7) is 0. The van der Waals surface area contributed by atoms with Crippen molar-refractivity contribution in [3.8, 4) is 0 Å². The number of anilines is 1. The van der Waals surface area contributed by atoms with Gasteiger partial charge in [-0.3, -0.25) is 4.31 Å². The second-order valence-corrected chi connectivity index (χ2v) is 7.47. The molecule has 0 bridgehead atoms. The van der Waals surface area contributed by atoms with Crippen LogP contribution in [0.5, 0.6) is 0 Å². The van der Waals surface area contributed by atoms with Gasteiger partial charge in [0.2, 0.25) is 0 Å². The van der Waals surface area contributed by atoms with Crippen molar-refractivity contribution in [2.75, 3.05) is 11.4 Å². The average Bonchev–Trinajstić information content (AvgIpc) is 2.50. The van der Waals surface area contributed by atoms with Crippen molar-refractivity contribution in [1.82, 2.24) is 0 Å². The van der Waals surface area contributed by atoms with Gasteiger partial charge in [0.05, 0.1) is 10.6 Å². The molecular formula is C14H12BrNO3S. The van der Waals surface area contributed by atoms with Crippen LogP contribution in [0, 0.1) is 0 Å². The molecule has 4 nitrogen and oxygen atoms in total. The molecule has 0 spiro atoms. The third-order valence-electron chi connectivity index (χ3n) is 3.48. The quantitative estimate of drug-likeness (QED) is 0.791. The minimum Gasteiger partial charge on any atom is -0.384 e. The minimum atomic E-state index is -3.68. The van der Waals surface area contributed by atoms with Gasteiger partial charge < -0.3 is 5.11 Å². The SMILES string of the molecule is CN1c2ccccc2C(O)c2ccc(Br)cc2S1(=O)=O. The molecule has 1 unspecified atom stereocenters. The Morgan fingerprint density at radius 1 is 1.15 bits per heavy atom. The topological polar surface area (TPSA) is 57.6 Å². The van der Waals surface area contributed by atoms with Gasteiger partial charge in [-0.05, 0) is 18.2 Å². The predicted molar refractivity (Wildman–Crippen MR) is 80.2 cm³/mol. The fraction of sp³-hybridized carbons (Fsp3) is 0.143. The van der Waals surface area contributed by atoms with Crippen molar-refractivity contribution in [1.29, 1.82) is 0 Å². The number of halogens is 1. The lowest BCUT2D eigenvalue weighted by Gasteiger charge is -2.19. The van der Waals surface area contributed by atoms with Crippen molar-refractivity contribution in [3.63, 3.8) is 0 Å². The molecule has 1 aliphatic rings. The Kier molecular flexibility index (Phi) is 3.12. The van der Waals surface area contributed by atoms with E-state index in [1.165, 1.54) is 17.4 Å². The molecule has 3 rings (SSSR count). The van der Waals surface area contributed by atoms with Crippen molar-refractivity contribution in [3.05, 3.63) is 58.1 Å². The van der Waals surface area contributed by atoms with Gasteiger partial charge in [-0.1, -0.05) is 40.2 Å². The van der Waals surface area contributed by atoms with E-state index < -0.39 is 16.1 Å². The number of benzene rings is 2. The standard InChI is InChI=1S/C14H12BrNO3S/c1-16-12-5-3-2-4-10(12)14(17)11-7-6-9(15)8-13(11)20(16,18)19/h2-8,14,17H,1H3. The van der Waals surface area contributed by atoms with E-state index in [1.807, 2.05) is 0 Å². The van der Waals surface area contributed by atoms with Crippen LogP contribution in [0.4, 0.5) is 5.69 Å². The van der Waals surface area contributed by atoms with Crippen molar-refractivity contribution in [2.45, 2.75) is 11.0 Å². The number of nitrogens with zero attached hydrogens (tertiary/aromatic N) is 1. The van der Waals surface area contributed by atoms with Gasteiger partial charge in [0.15, 0.2) is 0 Å². The van der Waals surface area contributed by atoms with Gasteiger partial charge in [0, 0.05) is 22.6 Å². The van der Waals surface area contributed by atoms with Gasteiger partial charge in [-0.25, -0.2) is 8.42 Å². The number of rotatable bonds is 0. The van der Waals surface area contributed by atoms with E-state index in [2.05, 4.69) is 15.9 Å². The van der Waals surface area contributed by atoms with E-state index in [-0.39, 0.29) is 4.90 Å². The van der Waals surface area contributed by atoms with E-state index in [9.17, 15) is 13.5 Å². The summed E-state index contributed by atoms with van der Waals surface area (Å²) in [5.41, 5.74) is 1.47. The first-order chi connectivity index (χ1) is 9.43. The summed E-state index contributed by atoms with van der Waals surface area (Å²) in [5.74, 6) is 0. The lowest BCUT2D eigenvalue weighted by Crippen LogP contribution is -2.26. The zero-order chi connectivity index (χ0) is 14.5. The van der Waals surface area contributed by atoms with Crippen LogP contribution in [0.1, 0.15) is 17.2 Å². The van der Waals surface area contributed by atoms with Crippen LogP contribution in [0.2, 0.25) is 0 Å². The highest BCUT2D eigenvalue weighted by Gasteiger charge is 2.33. The fourth-order valence-electron chi connectivity index (χ4n) is 2.41. The maximum Gasteiger partial charge on any atom is 0.264 e. The summed E-state index contributed by atoms with van der Waals surface area (Å²) in [4.78, 5) is 0.123. The normalized spacial score (nSPS) is 19.9. The van der Waals surface area contributed by atoms with E-state index in [0.717, 1.165) is 0 Å². The number of hydrogen-bond donors (Lipinski definition) is 1. The third kappa shape index (κ3) is 1.87. The first-order valence-corrected chi connectivity index (χ1v) is 8.21. The molecule has 6 heteroatoms. The Bertz CT molecular complexity index is 789. The highest BCUT2D eigenvalue weighted by Crippen LogP contribution is 2.40. The summed E-state index contributed by atoms with van der Waals surface area (Å²) in [7, 11) is -2.19. The van der Waals surface area contributed by atoms with Crippen LogP contribution in [0.15, 0.2) is 51.8 Å². The van der Waals surface area contributed by atoms with Crippen LogP contribution in [-0.2, 0) is 10.0 Å². The number of fused-ring (bicyclic) bond motifs is 2. The Hall–Kier alpha value is -1.37. The molecule has 2 aromatic rings. The molecule has 0 saturated carbocycles. The van der Waals surface area contributed by atoms with Gasteiger partial charge in [0.25, 0.3) is 10.0 Å². The van der Waals surface area contributed by atoms with Gasteiger partial charge >= 0.3 is 0 Å². The van der Waals surface area contributed by atoms with Crippen LogP contribution in [0.25, 0.3) is 0 Å². The lowest BCUT2D eigenvalue weighted by molar-refractivity contribution is 0.218. The maximum atomic E-state index is 12.7. The maximum absolute atomic E-state index is 12.7. The Morgan fingerprint density at radius 3 is 2.60 bits per heavy atom. The Labute approximate surface area is 125 Å². The zero-order valence-electron chi connectivity index (χ0n) is 10.6. The Morgan fingerprint density at radius 2 is 1.85 bits per heavy atom. The molecule has 20 heavy (non-hydrogen) atoms. The van der Waals surface area contributed by atoms with Gasteiger partial charge in [-0.15, -0.1) is 0 Å². The van der Waals surface area contributed by atoms with Gasteiger partial charge in [0.1, 0.15) is 6.10 Å². The van der Waals surface area contributed by atoms with Crippen LogP contribution < -0.4 is 4.31 Å². The fourth-order valence-corrected chi connectivity index (χ4v) is 4.39. The summed E-state index contributed by atoms with van der Waals surface area (Å²) in [5, 5.41) is 10.5. The number of hydrogen-bond acceptors (Lipinski definition) is 3. The van der Waals surface area contributed by atoms with Crippen LogP contribution in [-0.4, -0.2) is 20.6 Å². The molecule has 0 aromatic heterocycles. The summed E-state index contributed by atoms with van der Waals surface area (Å²) >= 11 is 3.28. The first kappa shape index (κ1) is 13.6. The molecule has 0 saturated heterocycles. The largest absolute Gasteiger partial charge is 0.384 e. The minimum absolute atomic E-state index is 0.123. The van der Waals surface area contributed by atoms with Crippen LogP contribution in [0.3, 0.4) is 0 Å². The molecule has 0 aliphatic carbocycles. The number of sulfonamides is 1. The molecule has 1 heterocycles. The molecule has 0 amide bonds. The van der Waals surface area contributed by atoms with Crippen molar-refractivity contribution >= 4 is 31.6 Å². The van der Waals surface area contributed by atoms with E-state index in [0.29, 0.717) is 21.3 Å². The first-order valence-electron chi connectivity index (χ1n) is 5.98. The molecule has 2 aromatic carbocycles. The molecule has 104 valence electrons. The average molecular weight is 354 g/mol. The summed E-state index contributed by atoms with van der Waals surface area (Å²) in [6, 6.07) is 11.9. The highest BCUT2D eigenvalue weighted by molar-refractivity contribution is 9.10. The van der Waals surface area contributed by atoms with E-state index in [4.69, 9.17) is 0 Å². The number of aliphatic hydroxyl groups is 1. The monoisotopic (exact) mass is 353 g/mol. The van der Waals surface area contributed by atoms with Crippen molar-refractivity contribution in [2.24, 2.45) is 0 Å². The number of aliphatic hydroxyl groups excluding tert-OH is 1. The molecule has 1 aliphatic heterocycles. The third-order valence-corrected chi connectivity index (χ3v) is 5.80. The second-order valence-electron chi connectivity index (χ2n) is 4.62. The highest BCUT2D eigenvalue weighted by atomic mass is 79.9. The zero-order valence-corrected chi connectivity index (χ0v) is 13.0. The number of para-hydroxylation sites is 1. The molecule has 1 atom stereocenters. The smallest absolute Gasteiger partial charge is 0.264 e. The second kappa shape index (κ2) is 4.58. The van der Waals surface area contributed by atoms with Crippen LogP contribution >= 0.6 is 15.9 Å². The lowest BCUT2D eigenvalue weighted by atomic mass is 10.00. The summed E-state index contributed by atoms with van der Waals surface area (Å²) < 4.78 is 27.2.